The van der Waals surface area contributed by atoms with E-state index in [2.05, 4.69) is 9.97 Å². The molecule has 3 N–H and O–H groups in total. The topological polar surface area (TPSA) is 72.0 Å². The summed E-state index contributed by atoms with van der Waals surface area (Å²) in [4.78, 5) is 8.92. The molecule has 0 aliphatic rings. The minimum atomic E-state index is -1.13. The lowest BCUT2D eigenvalue weighted by Gasteiger charge is -2.08. The van der Waals surface area contributed by atoms with E-state index in [-0.39, 0.29) is 0 Å². The van der Waals surface area contributed by atoms with Gasteiger partial charge < -0.3 is 10.7 Å². The lowest BCUT2D eigenvalue weighted by Crippen LogP contribution is -2.42. The van der Waals surface area contributed by atoms with Gasteiger partial charge in [0, 0.05) is 11.1 Å². The Morgan fingerprint density at radius 2 is 1.38 bits per heavy atom. The van der Waals surface area contributed by atoms with Crippen LogP contribution in [-0.4, -0.2) is 22.0 Å². The highest BCUT2D eigenvalue weighted by Gasteiger charge is 2.15. The van der Waals surface area contributed by atoms with Crippen molar-refractivity contribution >= 4 is 12.6 Å². The summed E-state index contributed by atoms with van der Waals surface area (Å²) >= 11 is 0. The van der Waals surface area contributed by atoms with Crippen LogP contribution in [0.3, 0.4) is 0 Å². The van der Waals surface area contributed by atoms with Crippen molar-refractivity contribution in [3.63, 3.8) is 0 Å². The Hall–Kier alpha value is -2.50. The number of hydrogen-bond donors (Lipinski definition) is 2. The van der Waals surface area contributed by atoms with E-state index in [1.165, 1.54) is 0 Å². The zero-order valence-corrected chi connectivity index (χ0v) is 11.3. The standard InChI is InChI=1S/C16H14BN3O/c18-17(21)15-11-14(12-7-3-1-4-8-12)19-16(20-15)13-9-5-2-6-10-13/h1-11,21H,18H2. The summed E-state index contributed by atoms with van der Waals surface area (Å²) in [6.07, 6.45) is 0. The summed E-state index contributed by atoms with van der Waals surface area (Å²) in [6, 6.07) is 21.1. The largest absolute Gasteiger partial charge is 0.433 e. The van der Waals surface area contributed by atoms with Gasteiger partial charge in [-0.1, -0.05) is 60.7 Å². The van der Waals surface area contributed by atoms with Gasteiger partial charge in [-0.05, 0) is 6.07 Å². The van der Waals surface area contributed by atoms with E-state index in [0.29, 0.717) is 11.4 Å². The first kappa shape index (κ1) is 13.5. The van der Waals surface area contributed by atoms with E-state index in [1.807, 2.05) is 60.7 Å². The maximum atomic E-state index is 9.65. The molecule has 1 aromatic heterocycles. The molecule has 2 aromatic carbocycles. The van der Waals surface area contributed by atoms with Gasteiger partial charge in [0.2, 0.25) is 0 Å². The average molecular weight is 275 g/mol. The van der Waals surface area contributed by atoms with Crippen molar-refractivity contribution in [1.82, 2.24) is 9.97 Å². The van der Waals surface area contributed by atoms with Crippen LogP contribution in [0.5, 0.6) is 0 Å². The van der Waals surface area contributed by atoms with Gasteiger partial charge >= 0.3 is 7.05 Å². The molecular weight excluding hydrogens is 261 g/mol. The molecule has 21 heavy (non-hydrogen) atoms. The van der Waals surface area contributed by atoms with Gasteiger partial charge in [-0.2, -0.15) is 0 Å². The highest BCUT2D eigenvalue weighted by molar-refractivity contribution is 6.62. The number of hydrogen-bond acceptors (Lipinski definition) is 4. The lowest BCUT2D eigenvalue weighted by atomic mass is 9.80. The summed E-state index contributed by atoms with van der Waals surface area (Å²) in [5.74, 6) is 0.552. The fraction of sp³-hybridized carbons (Fsp3) is 0. The van der Waals surface area contributed by atoms with Crippen LogP contribution in [0.1, 0.15) is 0 Å². The van der Waals surface area contributed by atoms with Crippen LogP contribution in [0.2, 0.25) is 0 Å². The quantitative estimate of drug-likeness (QED) is 0.710. The highest BCUT2D eigenvalue weighted by atomic mass is 16.2. The summed E-state index contributed by atoms with van der Waals surface area (Å²) in [6.45, 7) is 0. The van der Waals surface area contributed by atoms with Crippen LogP contribution < -0.4 is 11.2 Å². The Morgan fingerprint density at radius 1 is 0.810 bits per heavy atom. The number of nitrogens with two attached hydrogens (primary N) is 1. The molecular formula is C16H14BN3O. The van der Waals surface area contributed by atoms with Gasteiger partial charge in [-0.3, -0.25) is 0 Å². The molecule has 0 saturated heterocycles. The van der Waals surface area contributed by atoms with E-state index in [0.717, 1.165) is 16.8 Å². The Balaban J connectivity index is 2.16. The molecule has 0 amide bonds. The van der Waals surface area contributed by atoms with Crippen LogP contribution in [0.15, 0.2) is 66.7 Å². The molecule has 0 fully saturated rings. The molecule has 0 spiro atoms. The number of nitrogens with zero attached hydrogens (tertiary/aromatic N) is 2. The summed E-state index contributed by atoms with van der Waals surface area (Å²) in [5.41, 5.74) is 8.56. The van der Waals surface area contributed by atoms with Gasteiger partial charge in [0.05, 0.1) is 11.3 Å². The minimum Gasteiger partial charge on any atom is -0.433 e. The molecule has 0 atom stereocenters. The molecule has 3 aromatic rings. The molecule has 0 saturated carbocycles. The molecule has 1 heterocycles. The third kappa shape index (κ3) is 2.99. The first-order valence-corrected chi connectivity index (χ1v) is 6.67. The molecule has 102 valence electrons. The number of aromatic nitrogens is 2. The normalized spacial score (nSPS) is 10.4. The van der Waals surface area contributed by atoms with Crippen molar-refractivity contribution < 1.29 is 5.02 Å². The summed E-state index contributed by atoms with van der Waals surface area (Å²) in [7, 11) is -1.13. The lowest BCUT2D eigenvalue weighted by molar-refractivity contribution is 0.586. The van der Waals surface area contributed by atoms with Gasteiger partial charge in [0.1, 0.15) is 0 Å². The summed E-state index contributed by atoms with van der Waals surface area (Å²) < 4.78 is 0. The van der Waals surface area contributed by atoms with Gasteiger partial charge in [-0.15, -0.1) is 0 Å². The third-order valence-corrected chi connectivity index (χ3v) is 3.15. The molecule has 5 heteroatoms. The van der Waals surface area contributed by atoms with Gasteiger partial charge in [-0.25, -0.2) is 9.97 Å². The van der Waals surface area contributed by atoms with E-state index < -0.39 is 7.05 Å². The van der Waals surface area contributed by atoms with Gasteiger partial charge in [0.15, 0.2) is 5.82 Å². The molecule has 0 radical (unpaired) electrons. The van der Waals surface area contributed by atoms with Crippen molar-refractivity contribution in [3.8, 4) is 22.6 Å². The summed E-state index contributed by atoms with van der Waals surface area (Å²) in [5, 5.41) is 9.65. The van der Waals surface area contributed by atoms with Crippen molar-refractivity contribution in [2.45, 2.75) is 0 Å². The predicted molar refractivity (Wildman–Crippen MR) is 84.7 cm³/mol. The van der Waals surface area contributed by atoms with Crippen LogP contribution in [0, 0.1) is 0 Å². The van der Waals surface area contributed by atoms with E-state index in [4.69, 9.17) is 5.64 Å². The first-order chi connectivity index (χ1) is 10.2. The smallest absolute Gasteiger partial charge is 0.430 e. The van der Waals surface area contributed by atoms with Crippen LogP contribution in [-0.2, 0) is 0 Å². The maximum absolute atomic E-state index is 9.65. The van der Waals surface area contributed by atoms with Gasteiger partial charge in [0.25, 0.3) is 0 Å². The van der Waals surface area contributed by atoms with Crippen LogP contribution in [0.4, 0.5) is 0 Å². The first-order valence-electron chi connectivity index (χ1n) is 6.67. The van der Waals surface area contributed by atoms with Crippen LogP contribution >= 0.6 is 0 Å². The van der Waals surface area contributed by atoms with Crippen molar-refractivity contribution in [3.05, 3.63) is 66.7 Å². The number of benzene rings is 2. The fourth-order valence-corrected chi connectivity index (χ4v) is 2.09. The Morgan fingerprint density at radius 3 is 1.95 bits per heavy atom. The van der Waals surface area contributed by atoms with E-state index in [9.17, 15) is 5.02 Å². The molecule has 0 aliphatic carbocycles. The third-order valence-electron chi connectivity index (χ3n) is 3.15. The highest BCUT2D eigenvalue weighted by Crippen LogP contribution is 2.19. The molecule has 3 rings (SSSR count). The minimum absolute atomic E-state index is 0.405. The molecule has 0 unspecified atom stereocenters. The second kappa shape index (κ2) is 5.87. The number of rotatable bonds is 3. The SMILES string of the molecule is NB(O)c1cc(-c2ccccc2)nc(-c2ccccc2)n1. The average Bonchev–Trinajstić information content (AvgIpc) is 2.56. The fourth-order valence-electron chi connectivity index (χ4n) is 2.09. The molecule has 0 aliphatic heterocycles. The Kier molecular flexibility index (Phi) is 3.77. The Bertz CT molecular complexity index is 675. The Labute approximate surface area is 123 Å². The van der Waals surface area contributed by atoms with Crippen molar-refractivity contribution in [2.24, 2.45) is 5.64 Å². The monoisotopic (exact) mass is 275 g/mol. The van der Waals surface area contributed by atoms with Crippen molar-refractivity contribution in [2.75, 3.05) is 0 Å². The molecule has 4 nitrogen and oxygen atoms in total. The second-order valence-corrected chi connectivity index (χ2v) is 4.68. The predicted octanol–water partition coefficient (Wildman–Crippen LogP) is 1.46. The zero-order valence-electron chi connectivity index (χ0n) is 11.3. The van der Waals surface area contributed by atoms with E-state index in [1.54, 1.807) is 6.07 Å². The zero-order chi connectivity index (χ0) is 14.7. The van der Waals surface area contributed by atoms with E-state index >= 15 is 0 Å². The second-order valence-electron chi connectivity index (χ2n) is 4.68. The maximum Gasteiger partial charge on any atom is 0.430 e. The molecule has 0 bridgehead atoms. The van der Waals surface area contributed by atoms with Crippen LogP contribution in [0.25, 0.3) is 22.6 Å². The van der Waals surface area contributed by atoms with Crippen molar-refractivity contribution in [1.29, 1.82) is 0 Å².